The number of hydrogen-bond donors (Lipinski definition) is 1. The van der Waals surface area contributed by atoms with Crippen LogP contribution in [0.3, 0.4) is 0 Å². The number of anilines is 1. The van der Waals surface area contributed by atoms with Gasteiger partial charge in [0.25, 0.3) is 5.91 Å². The summed E-state index contributed by atoms with van der Waals surface area (Å²) < 4.78 is 11.3. The van der Waals surface area contributed by atoms with E-state index in [0.717, 1.165) is 11.3 Å². The van der Waals surface area contributed by atoms with E-state index in [1.807, 2.05) is 43.3 Å². The van der Waals surface area contributed by atoms with Crippen LogP contribution in [0.25, 0.3) is 10.8 Å². The Kier molecular flexibility index (Phi) is 5.16. The highest BCUT2D eigenvalue weighted by Gasteiger charge is 2.14. The molecule has 140 valence electrons. The van der Waals surface area contributed by atoms with Gasteiger partial charge in [-0.05, 0) is 37.3 Å². The molecule has 0 saturated carbocycles. The van der Waals surface area contributed by atoms with E-state index in [9.17, 15) is 4.79 Å². The zero-order chi connectivity index (χ0) is 19.3. The van der Waals surface area contributed by atoms with Crippen molar-refractivity contribution in [2.45, 2.75) is 13.5 Å². The summed E-state index contributed by atoms with van der Waals surface area (Å²) in [4.78, 5) is 20.9. The SMILES string of the molecule is Cc1ccc(-c2nc(C(=O)Nc3cccc(OCc4cccnc4)c3)cs2)o1. The van der Waals surface area contributed by atoms with Gasteiger partial charge in [0.15, 0.2) is 10.8 Å². The number of carbonyl (C=O) groups is 1. The minimum atomic E-state index is -0.282. The average Bonchev–Trinajstić information content (AvgIpc) is 3.37. The molecule has 0 aliphatic carbocycles. The zero-order valence-corrected chi connectivity index (χ0v) is 15.9. The summed E-state index contributed by atoms with van der Waals surface area (Å²) >= 11 is 1.37. The van der Waals surface area contributed by atoms with Gasteiger partial charge in [0.2, 0.25) is 0 Å². The van der Waals surface area contributed by atoms with E-state index < -0.39 is 0 Å². The van der Waals surface area contributed by atoms with Crippen molar-refractivity contribution in [3.63, 3.8) is 0 Å². The van der Waals surface area contributed by atoms with E-state index in [1.165, 1.54) is 11.3 Å². The van der Waals surface area contributed by atoms with Crippen LogP contribution in [0.5, 0.6) is 5.75 Å². The van der Waals surface area contributed by atoms with Gasteiger partial charge in [0.05, 0.1) is 0 Å². The molecule has 1 N–H and O–H groups in total. The van der Waals surface area contributed by atoms with Gasteiger partial charge in [-0.2, -0.15) is 0 Å². The molecule has 1 amide bonds. The second kappa shape index (κ2) is 8.06. The Labute approximate surface area is 165 Å². The summed E-state index contributed by atoms with van der Waals surface area (Å²) in [6.45, 7) is 2.28. The van der Waals surface area contributed by atoms with Crippen molar-refractivity contribution in [3.8, 4) is 16.5 Å². The van der Waals surface area contributed by atoms with E-state index in [4.69, 9.17) is 9.15 Å². The van der Waals surface area contributed by atoms with Crippen LogP contribution in [0.4, 0.5) is 5.69 Å². The molecule has 0 fully saturated rings. The van der Waals surface area contributed by atoms with Gasteiger partial charge in [0.1, 0.15) is 23.8 Å². The lowest BCUT2D eigenvalue weighted by atomic mass is 10.3. The Balaban J connectivity index is 1.41. The van der Waals surface area contributed by atoms with Crippen molar-refractivity contribution < 1.29 is 13.9 Å². The third-order valence-electron chi connectivity index (χ3n) is 3.91. The Morgan fingerprint density at radius 2 is 2.14 bits per heavy atom. The highest BCUT2D eigenvalue weighted by molar-refractivity contribution is 7.13. The Bertz CT molecular complexity index is 1090. The third-order valence-corrected chi connectivity index (χ3v) is 4.77. The molecular formula is C21H17N3O3S. The van der Waals surface area contributed by atoms with Crippen LogP contribution < -0.4 is 10.1 Å². The normalized spacial score (nSPS) is 10.6. The fourth-order valence-electron chi connectivity index (χ4n) is 2.55. The number of nitrogens with zero attached hydrogens (tertiary/aromatic N) is 2. The van der Waals surface area contributed by atoms with Gasteiger partial charge in [-0.1, -0.05) is 12.1 Å². The summed E-state index contributed by atoms with van der Waals surface area (Å²) in [6, 6.07) is 14.8. The maximum atomic E-state index is 12.5. The monoisotopic (exact) mass is 391 g/mol. The van der Waals surface area contributed by atoms with Gasteiger partial charge in [-0.25, -0.2) is 4.98 Å². The Morgan fingerprint density at radius 1 is 1.21 bits per heavy atom. The molecule has 3 heterocycles. The predicted octanol–water partition coefficient (Wildman–Crippen LogP) is 4.94. The minimum absolute atomic E-state index is 0.282. The number of rotatable bonds is 6. The fourth-order valence-corrected chi connectivity index (χ4v) is 3.31. The van der Waals surface area contributed by atoms with E-state index >= 15 is 0 Å². The smallest absolute Gasteiger partial charge is 0.275 e. The quantitative estimate of drug-likeness (QED) is 0.504. The molecule has 28 heavy (non-hydrogen) atoms. The average molecular weight is 391 g/mol. The second-order valence-electron chi connectivity index (χ2n) is 6.08. The summed E-state index contributed by atoms with van der Waals surface area (Å²) in [6.07, 6.45) is 3.47. The first-order valence-corrected chi connectivity index (χ1v) is 9.51. The minimum Gasteiger partial charge on any atom is -0.489 e. The number of furan rings is 1. The summed E-state index contributed by atoms with van der Waals surface area (Å²) in [5.41, 5.74) is 1.95. The van der Waals surface area contributed by atoms with Crippen molar-refractivity contribution in [2.24, 2.45) is 0 Å². The molecule has 0 unspecified atom stereocenters. The number of thiazole rings is 1. The number of ether oxygens (including phenoxy) is 1. The maximum Gasteiger partial charge on any atom is 0.275 e. The lowest BCUT2D eigenvalue weighted by Gasteiger charge is -2.08. The molecule has 0 saturated heterocycles. The maximum absolute atomic E-state index is 12.5. The molecule has 0 radical (unpaired) electrons. The van der Waals surface area contributed by atoms with E-state index in [0.29, 0.717) is 34.5 Å². The standard InChI is InChI=1S/C21H17N3O3S/c1-14-7-8-19(27-14)21-24-18(13-28-21)20(25)23-16-5-2-6-17(10-16)26-12-15-4-3-9-22-11-15/h2-11,13H,12H2,1H3,(H,23,25). The number of aryl methyl sites for hydroxylation is 1. The topological polar surface area (TPSA) is 77.2 Å². The van der Waals surface area contributed by atoms with Crippen LogP contribution in [0.1, 0.15) is 21.8 Å². The van der Waals surface area contributed by atoms with E-state index in [-0.39, 0.29) is 5.91 Å². The highest BCUT2D eigenvalue weighted by atomic mass is 32.1. The predicted molar refractivity (Wildman–Crippen MR) is 108 cm³/mol. The van der Waals surface area contributed by atoms with E-state index in [2.05, 4.69) is 15.3 Å². The molecule has 3 aromatic heterocycles. The number of hydrogen-bond acceptors (Lipinski definition) is 6. The molecule has 1 aromatic carbocycles. The molecule has 4 aromatic rings. The largest absolute Gasteiger partial charge is 0.489 e. The number of benzene rings is 1. The van der Waals surface area contributed by atoms with Crippen molar-refractivity contribution in [2.75, 3.05) is 5.32 Å². The first kappa shape index (κ1) is 17.9. The van der Waals surface area contributed by atoms with E-state index in [1.54, 1.807) is 29.9 Å². The molecular weight excluding hydrogens is 374 g/mol. The van der Waals surface area contributed by atoms with Crippen LogP contribution in [-0.4, -0.2) is 15.9 Å². The fraction of sp³-hybridized carbons (Fsp3) is 0.0952. The van der Waals surface area contributed by atoms with Crippen LogP contribution >= 0.6 is 11.3 Å². The number of aromatic nitrogens is 2. The first-order valence-electron chi connectivity index (χ1n) is 8.63. The number of pyridine rings is 1. The molecule has 4 rings (SSSR count). The van der Waals surface area contributed by atoms with Crippen molar-refractivity contribution in [1.29, 1.82) is 0 Å². The summed E-state index contributed by atoms with van der Waals surface area (Å²) in [7, 11) is 0. The van der Waals surface area contributed by atoms with Crippen LogP contribution in [0, 0.1) is 6.92 Å². The Morgan fingerprint density at radius 3 is 2.93 bits per heavy atom. The number of nitrogens with one attached hydrogen (secondary N) is 1. The molecule has 0 aliphatic heterocycles. The molecule has 0 aliphatic rings. The van der Waals surface area contributed by atoms with Gasteiger partial charge in [0, 0.05) is 35.1 Å². The van der Waals surface area contributed by atoms with Crippen LogP contribution in [0.15, 0.2) is 70.7 Å². The highest BCUT2D eigenvalue weighted by Crippen LogP contribution is 2.26. The van der Waals surface area contributed by atoms with Gasteiger partial charge < -0.3 is 14.5 Å². The molecule has 0 spiro atoms. The summed E-state index contributed by atoms with van der Waals surface area (Å²) in [5, 5.41) is 5.24. The summed E-state index contributed by atoms with van der Waals surface area (Å²) in [5.74, 6) is 1.84. The lowest BCUT2D eigenvalue weighted by Crippen LogP contribution is -2.12. The number of carbonyl (C=O) groups excluding carboxylic acids is 1. The van der Waals surface area contributed by atoms with Crippen LogP contribution in [0.2, 0.25) is 0 Å². The van der Waals surface area contributed by atoms with Crippen molar-refractivity contribution in [3.05, 3.63) is 83.3 Å². The van der Waals surface area contributed by atoms with Crippen molar-refractivity contribution in [1.82, 2.24) is 9.97 Å². The number of amides is 1. The Hall–Kier alpha value is -3.45. The third kappa shape index (κ3) is 4.27. The van der Waals surface area contributed by atoms with Gasteiger partial charge in [-0.3, -0.25) is 9.78 Å². The molecule has 7 heteroatoms. The van der Waals surface area contributed by atoms with Gasteiger partial charge in [-0.15, -0.1) is 11.3 Å². The van der Waals surface area contributed by atoms with Crippen molar-refractivity contribution >= 4 is 22.9 Å². The lowest BCUT2D eigenvalue weighted by molar-refractivity contribution is 0.102. The zero-order valence-electron chi connectivity index (χ0n) is 15.1. The molecule has 6 nitrogen and oxygen atoms in total. The molecule has 0 atom stereocenters. The van der Waals surface area contributed by atoms with Gasteiger partial charge >= 0.3 is 0 Å². The van der Waals surface area contributed by atoms with Crippen LogP contribution in [-0.2, 0) is 6.61 Å². The molecule has 0 bridgehead atoms. The first-order chi connectivity index (χ1) is 13.7. The second-order valence-corrected chi connectivity index (χ2v) is 6.94.